The molecule has 6 heteroatoms. The Bertz CT molecular complexity index is 449. The highest BCUT2D eigenvalue weighted by Gasteiger charge is 2.25. The van der Waals surface area contributed by atoms with Crippen LogP contribution in [-0.2, 0) is 9.53 Å². The topological polar surface area (TPSA) is 58.0 Å². The van der Waals surface area contributed by atoms with Gasteiger partial charge in [0.2, 0.25) is 5.91 Å². The van der Waals surface area contributed by atoms with Gasteiger partial charge in [-0.25, -0.2) is 0 Å². The van der Waals surface area contributed by atoms with Gasteiger partial charge in [0, 0.05) is 39.3 Å². The fourth-order valence-corrected chi connectivity index (χ4v) is 2.85. The van der Waals surface area contributed by atoms with Gasteiger partial charge in [-0.2, -0.15) is 0 Å². The minimum Gasteiger partial charge on any atom is -0.467 e. The number of carbonyl (C=O) groups excluding carboxylic acids is 1. The van der Waals surface area contributed by atoms with Crippen LogP contribution in [0.3, 0.4) is 0 Å². The number of methoxy groups -OCH3 is 1. The van der Waals surface area contributed by atoms with Crippen LogP contribution < -0.4 is 5.32 Å². The summed E-state index contributed by atoms with van der Waals surface area (Å²) in [6, 6.07) is 4.06. The molecule has 0 aromatic carbocycles. The molecular weight excluding hydrogens is 282 g/mol. The number of nitrogens with one attached hydrogen (secondary N) is 1. The molecule has 1 aliphatic heterocycles. The molecule has 0 aliphatic carbocycles. The van der Waals surface area contributed by atoms with Gasteiger partial charge in [-0.05, 0) is 26.0 Å². The Balaban J connectivity index is 1.74. The Morgan fingerprint density at radius 3 is 3.00 bits per heavy atom. The zero-order chi connectivity index (χ0) is 15.9. The summed E-state index contributed by atoms with van der Waals surface area (Å²) in [6.07, 6.45) is 1.62. The van der Waals surface area contributed by atoms with Gasteiger partial charge in [-0.3, -0.25) is 14.6 Å². The van der Waals surface area contributed by atoms with Gasteiger partial charge < -0.3 is 14.5 Å². The number of amides is 1. The molecule has 22 heavy (non-hydrogen) atoms. The minimum absolute atomic E-state index is 0.0430. The van der Waals surface area contributed by atoms with Crippen molar-refractivity contribution in [2.24, 2.45) is 0 Å². The molecule has 0 bridgehead atoms. The molecule has 2 atom stereocenters. The van der Waals surface area contributed by atoms with Crippen molar-refractivity contribution < 1.29 is 13.9 Å². The lowest BCUT2D eigenvalue weighted by Gasteiger charge is -2.39. The Labute approximate surface area is 132 Å². The molecule has 1 fully saturated rings. The van der Waals surface area contributed by atoms with Crippen LogP contribution in [0.5, 0.6) is 0 Å². The van der Waals surface area contributed by atoms with Crippen molar-refractivity contribution in [1.29, 1.82) is 0 Å². The van der Waals surface area contributed by atoms with Gasteiger partial charge in [-0.1, -0.05) is 0 Å². The van der Waals surface area contributed by atoms with Gasteiger partial charge in [0.25, 0.3) is 0 Å². The Kier molecular flexibility index (Phi) is 6.42. The first-order valence-corrected chi connectivity index (χ1v) is 7.88. The van der Waals surface area contributed by atoms with E-state index in [2.05, 4.69) is 22.0 Å². The number of ether oxygens (including phenoxy) is 1. The highest BCUT2D eigenvalue weighted by molar-refractivity contribution is 5.78. The second kappa shape index (κ2) is 8.31. The average molecular weight is 309 g/mol. The first-order valence-electron chi connectivity index (χ1n) is 7.88. The van der Waals surface area contributed by atoms with Crippen LogP contribution in [0.4, 0.5) is 0 Å². The smallest absolute Gasteiger partial charge is 0.234 e. The van der Waals surface area contributed by atoms with E-state index in [1.54, 1.807) is 13.4 Å². The molecule has 1 saturated heterocycles. The summed E-state index contributed by atoms with van der Waals surface area (Å²) in [6.45, 7) is 9.08. The lowest BCUT2D eigenvalue weighted by molar-refractivity contribution is -0.123. The summed E-state index contributed by atoms with van der Waals surface area (Å²) in [5, 5.41) is 2.98. The molecular formula is C16H27N3O3. The maximum Gasteiger partial charge on any atom is 0.234 e. The lowest BCUT2D eigenvalue weighted by Crippen LogP contribution is -2.54. The third-order valence-electron chi connectivity index (χ3n) is 4.15. The van der Waals surface area contributed by atoms with Crippen LogP contribution in [0.2, 0.25) is 0 Å². The van der Waals surface area contributed by atoms with Crippen molar-refractivity contribution >= 4 is 5.91 Å². The Hall–Kier alpha value is -1.37. The first kappa shape index (κ1) is 17.0. The standard InChI is InChI=1S/C16H27N3O3/c1-13-11-18(6-7-19(13)8-10-21-3)12-16(20)17-14(2)15-5-4-9-22-15/h4-5,9,13-14H,6-8,10-12H2,1-3H3,(H,17,20). The van der Waals surface area contributed by atoms with E-state index in [0.717, 1.165) is 38.5 Å². The minimum atomic E-state index is -0.0945. The second-order valence-corrected chi connectivity index (χ2v) is 5.92. The average Bonchev–Trinajstić information content (AvgIpc) is 3.00. The maximum atomic E-state index is 12.1. The molecule has 1 aromatic rings. The van der Waals surface area contributed by atoms with Crippen LogP contribution in [0.15, 0.2) is 22.8 Å². The zero-order valence-electron chi connectivity index (χ0n) is 13.7. The van der Waals surface area contributed by atoms with Crippen LogP contribution in [-0.4, -0.2) is 68.2 Å². The molecule has 0 radical (unpaired) electrons. The summed E-state index contributed by atoms with van der Waals surface area (Å²) in [7, 11) is 1.73. The number of rotatable bonds is 7. The summed E-state index contributed by atoms with van der Waals surface area (Å²) >= 11 is 0. The van der Waals surface area contributed by atoms with E-state index in [0.29, 0.717) is 12.6 Å². The fraction of sp³-hybridized carbons (Fsp3) is 0.688. The molecule has 1 amide bonds. The summed E-state index contributed by atoms with van der Waals surface area (Å²) in [5.74, 6) is 0.826. The predicted molar refractivity (Wildman–Crippen MR) is 84.6 cm³/mol. The van der Waals surface area contributed by atoms with Crippen LogP contribution >= 0.6 is 0 Å². The summed E-state index contributed by atoms with van der Waals surface area (Å²) < 4.78 is 10.4. The molecule has 2 heterocycles. The van der Waals surface area contributed by atoms with Crippen molar-refractivity contribution in [2.45, 2.75) is 25.9 Å². The number of nitrogens with zero attached hydrogens (tertiary/aromatic N) is 2. The van der Waals surface area contributed by atoms with Gasteiger partial charge >= 0.3 is 0 Å². The quantitative estimate of drug-likeness (QED) is 0.818. The lowest BCUT2D eigenvalue weighted by atomic mass is 10.2. The molecule has 2 rings (SSSR count). The van der Waals surface area contributed by atoms with Crippen LogP contribution in [0.25, 0.3) is 0 Å². The monoisotopic (exact) mass is 309 g/mol. The number of hydrogen-bond acceptors (Lipinski definition) is 5. The third-order valence-corrected chi connectivity index (χ3v) is 4.15. The number of piperazine rings is 1. The van der Waals surface area contributed by atoms with Gasteiger partial charge in [0.15, 0.2) is 0 Å². The normalized spacial score (nSPS) is 21.7. The van der Waals surface area contributed by atoms with Crippen molar-refractivity contribution in [3.05, 3.63) is 24.2 Å². The highest BCUT2D eigenvalue weighted by atomic mass is 16.5. The molecule has 6 nitrogen and oxygen atoms in total. The van der Waals surface area contributed by atoms with Crippen molar-refractivity contribution in [3.8, 4) is 0 Å². The molecule has 0 spiro atoms. The van der Waals surface area contributed by atoms with Crippen LogP contribution in [0.1, 0.15) is 25.6 Å². The molecule has 2 unspecified atom stereocenters. The van der Waals surface area contributed by atoms with E-state index in [1.165, 1.54) is 0 Å². The van der Waals surface area contributed by atoms with Crippen molar-refractivity contribution in [1.82, 2.24) is 15.1 Å². The molecule has 1 N–H and O–H groups in total. The van der Waals surface area contributed by atoms with E-state index in [9.17, 15) is 4.79 Å². The summed E-state index contributed by atoms with van der Waals surface area (Å²) in [4.78, 5) is 16.8. The van der Waals surface area contributed by atoms with Gasteiger partial charge in [0.05, 0.1) is 25.5 Å². The summed E-state index contributed by atoms with van der Waals surface area (Å²) in [5.41, 5.74) is 0. The van der Waals surface area contributed by atoms with Crippen LogP contribution in [0, 0.1) is 0 Å². The van der Waals surface area contributed by atoms with Crippen molar-refractivity contribution in [2.75, 3.05) is 46.4 Å². The number of hydrogen-bond donors (Lipinski definition) is 1. The van der Waals surface area contributed by atoms with Crippen molar-refractivity contribution in [3.63, 3.8) is 0 Å². The van der Waals surface area contributed by atoms with E-state index in [-0.39, 0.29) is 11.9 Å². The van der Waals surface area contributed by atoms with E-state index < -0.39 is 0 Å². The first-order chi connectivity index (χ1) is 10.6. The maximum absolute atomic E-state index is 12.1. The SMILES string of the molecule is COCCN1CCN(CC(=O)NC(C)c2ccco2)CC1C. The molecule has 1 aromatic heterocycles. The number of carbonyl (C=O) groups is 1. The van der Waals surface area contributed by atoms with E-state index in [4.69, 9.17) is 9.15 Å². The largest absolute Gasteiger partial charge is 0.467 e. The highest BCUT2D eigenvalue weighted by Crippen LogP contribution is 2.13. The molecule has 1 aliphatic rings. The molecule has 124 valence electrons. The zero-order valence-corrected chi connectivity index (χ0v) is 13.7. The number of furan rings is 1. The van der Waals surface area contributed by atoms with E-state index in [1.807, 2.05) is 19.1 Å². The second-order valence-electron chi connectivity index (χ2n) is 5.92. The Morgan fingerprint density at radius 2 is 2.36 bits per heavy atom. The van der Waals surface area contributed by atoms with Gasteiger partial charge in [-0.15, -0.1) is 0 Å². The predicted octanol–water partition coefficient (Wildman–Crippen LogP) is 1.11. The fourth-order valence-electron chi connectivity index (χ4n) is 2.85. The Morgan fingerprint density at radius 1 is 1.55 bits per heavy atom. The van der Waals surface area contributed by atoms with Gasteiger partial charge in [0.1, 0.15) is 5.76 Å². The third kappa shape index (κ3) is 4.83. The molecule has 0 saturated carbocycles. The van der Waals surface area contributed by atoms with E-state index >= 15 is 0 Å².